The highest BCUT2D eigenvalue weighted by Gasteiger charge is 2.34. The first-order chi connectivity index (χ1) is 13.4. The number of carbonyl (C=O) groups is 2. The molecule has 9 nitrogen and oxygen atoms in total. The average Bonchev–Trinajstić information content (AvgIpc) is 3.02. The van der Waals surface area contributed by atoms with Gasteiger partial charge in [-0.2, -0.15) is 5.10 Å². The summed E-state index contributed by atoms with van der Waals surface area (Å²) in [6.07, 6.45) is 5.20. The number of anilines is 1. The molecule has 2 heterocycles. The molecule has 0 radical (unpaired) electrons. The summed E-state index contributed by atoms with van der Waals surface area (Å²) in [7, 11) is 1.86. The summed E-state index contributed by atoms with van der Waals surface area (Å²) < 4.78 is 1.73. The van der Waals surface area contributed by atoms with Crippen LogP contribution in [0.5, 0.6) is 0 Å². The van der Waals surface area contributed by atoms with Crippen molar-refractivity contribution in [3.05, 3.63) is 30.2 Å². The first-order valence-corrected chi connectivity index (χ1v) is 9.35. The van der Waals surface area contributed by atoms with Gasteiger partial charge in [-0.1, -0.05) is 6.92 Å². The third kappa shape index (κ3) is 4.66. The van der Waals surface area contributed by atoms with E-state index in [2.05, 4.69) is 20.7 Å². The Hall–Kier alpha value is -2.94. The number of nitrogens with one attached hydrogen (secondary N) is 2. The summed E-state index contributed by atoms with van der Waals surface area (Å²) in [5.41, 5.74) is 2.76. The molecule has 1 aliphatic rings. The highest BCUT2D eigenvalue weighted by Crippen LogP contribution is 2.26. The molecule has 2 amide bonds. The molecule has 2 aromatic heterocycles. The van der Waals surface area contributed by atoms with Crippen molar-refractivity contribution in [3.63, 3.8) is 0 Å². The number of hydrogen-bond acceptors (Lipinski definition) is 5. The fourth-order valence-corrected chi connectivity index (χ4v) is 3.51. The van der Waals surface area contributed by atoms with Crippen LogP contribution in [-0.2, 0) is 11.8 Å². The molecule has 0 unspecified atom stereocenters. The lowest BCUT2D eigenvalue weighted by molar-refractivity contribution is -0.139. The zero-order valence-corrected chi connectivity index (χ0v) is 16.3. The molecule has 0 saturated heterocycles. The van der Waals surface area contributed by atoms with Crippen molar-refractivity contribution in [3.8, 4) is 11.1 Å². The van der Waals surface area contributed by atoms with Gasteiger partial charge in [-0.25, -0.2) is 9.78 Å². The third-order valence-electron chi connectivity index (χ3n) is 5.05. The molecule has 9 heteroatoms. The van der Waals surface area contributed by atoms with Crippen LogP contribution in [0.2, 0.25) is 0 Å². The number of carboxylic acid groups (broad SMARTS) is 1. The molecule has 0 atom stereocenters. The van der Waals surface area contributed by atoms with Gasteiger partial charge < -0.3 is 10.4 Å². The first kappa shape index (κ1) is 19.8. The second-order valence-corrected chi connectivity index (χ2v) is 7.11. The predicted molar refractivity (Wildman–Crippen MR) is 105 cm³/mol. The lowest BCUT2D eigenvalue weighted by Crippen LogP contribution is -2.55. The number of amides is 2. The van der Waals surface area contributed by atoms with Crippen molar-refractivity contribution in [1.82, 2.24) is 25.0 Å². The van der Waals surface area contributed by atoms with E-state index in [0.29, 0.717) is 12.4 Å². The smallest absolute Gasteiger partial charge is 0.320 e. The van der Waals surface area contributed by atoms with Gasteiger partial charge in [0.05, 0.1) is 12.7 Å². The van der Waals surface area contributed by atoms with Gasteiger partial charge >= 0.3 is 12.0 Å². The van der Waals surface area contributed by atoms with Crippen molar-refractivity contribution in [2.24, 2.45) is 7.05 Å². The van der Waals surface area contributed by atoms with Crippen molar-refractivity contribution >= 4 is 17.8 Å². The van der Waals surface area contributed by atoms with Crippen LogP contribution < -0.4 is 10.6 Å². The molecular weight excluding hydrogens is 360 g/mol. The molecular formula is C19H26N6O3. The van der Waals surface area contributed by atoms with E-state index in [-0.39, 0.29) is 24.7 Å². The van der Waals surface area contributed by atoms with Crippen LogP contribution in [0.15, 0.2) is 24.5 Å². The molecule has 1 fully saturated rings. The van der Waals surface area contributed by atoms with Crippen LogP contribution in [0.25, 0.3) is 11.1 Å². The molecule has 2 aromatic rings. The van der Waals surface area contributed by atoms with Gasteiger partial charge in [-0.3, -0.25) is 19.7 Å². The molecule has 0 spiro atoms. The summed E-state index contributed by atoms with van der Waals surface area (Å²) in [6.45, 7) is 4.55. The minimum absolute atomic E-state index is 0.0343. The summed E-state index contributed by atoms with van der Waals surface area (Å²) >= 11 is 0. The number of rotatable bonds is 7. The zero-order valence-electron chi connectivity index (χ0n) is 16.3. The van der Waals surface area contributed by atoms with Gasteiger partial charge in [0.2, 0.25) is 0 Å². The lowest BCUT2D eigenvalue weighted by atomic mass is 9.85. The van der Waals surface area contributed by atoms with Crippen LogP contribution in [0, 0.1) is 6.92 Å². The standard InChI is InChI=1S/C19H26N6O3/c1-4-25(11-18(26)27)15-7-14(8-15)22-19(28)23-17-6-5-16(12(2)21-17)13-9-20-24(3)10-13/h5-6,9-10,14-15H,4,7-8,11H2,1-3H3,(H,26,27)(H2,21,22,23,28). The Labute approximate surface area is 163 Å². The molecule has 0 aliphatic heterocycles. The van der Waals surface area contributed by atoms with Crippen LogP contribution >= 0.6 is 0 Å². The number of carboxylic acids is 1. The fraction of sp³-hybridized carbons (Fsp3) is 0.474. The third-order valence-corrected chi connectivity index (χ3v) is 5.05. The molecule has 1 saturated carbocycles. The summed E-state index contributed by atoms with van der Waals surface area (Å²) in [6, 6.07) is 3.63. The van der Waals surface area contributed by atoms with Gasteiger partial charge in [-0.05, 0) is 38.4 Å². The minimum Gasteiger partial charge on any atom is -0.480 e. The van der Waals surface area contributed by atoms with Gasteiger partial charge in [0, 0.05) is 42.1 Å². The van der Waals surface area contributed by atoms with Crippen LogP contribution in [0.4, 0.5) is 10.6 Å². The maximum atomic E-state index is 12.2. The van der Waals surface area contributed by atoms with E-state index in [1.54, 1.807) is 16.9 Å². The van der Waals surface area contributed by atoms with E-state index in [0.717, 1.165) is 29.7 Å². The zero-order chi connectivity index (χ0) is 20.3. The Morgan fingerprint density at radius 2 is 2.11 bits per heavy atom. The number of aryl methyl sites for hydroxylation is 2. The highest BCUT2D eigenvalue weighted by atomic mass is 16.4. The van der Waals surface area contributed by atoms with Crippen molar-refractivity contribution in [1.29, 1.82) is 0 Å². The molecule has 150 valence electrons. The number of likely N-dealkylation sites (N-methyl/N-ethyl adjacent to an activating group) is 1. The molecule has 28 heavy (non-hydrogen) atoms. The first-order valence-electron chi connectivity index (χ1n) is 9.35. The summed E-state index contributed by atoms with van der Waals surface area (Å²) in [5.74, 6) is -0.341. The SMILES string of the molecule is CCN(CC(=O)O)C1CC(NC(=O)Nc2ccc(-c3cnn(C)c3)c(C)n2)C1. The van der Waals surface area contributed by atoms with E-state index in [4.69, 9.17) is 5.11 Å². The Bertz CT molecular complexity index is 859. The summed E-state index contributed by atoms with van der Waals surface area (Å²) in [4.78, 5) is 29.5. The van der Waals surface area contributed by atoms with Gasteiger partial charge in [-0.15, -0.1) is 0 Å². The van der Waals surface area contributed by atoms with Crippen molar-refractivity contribution in [2.45, 2.75) is 38.8 Å². The number of aromatic nitrogens is 3. The van der Waals surface area contributed by atoms with Crippen LogP contribution in [0.3, 0.4) is 0 Å². The average molecular weight is 386 g/mol. The Balaban J connectivity index is 1.51. The molecule has 3 N–H and O–H groups in total. The number of nitrogens with zero attached hydrogens (tertiary/aromatic N) is 4. The fourth-order valence-electron chi connectivity index (χ4n) is 3.51. The number of carbonyl (C=O) groups excluding carboxylic acids is 1. The van der Waals surface area contributed by atoms with Gasteiger partial charge in [0.25, 0.3) is 0 Å². The molecule has 3 rings (SSSR count). The number of aliphatic carboxylic acids is 1. The number of pyridine rings is 1. The second kappa shape index (κ2) is 8.39. The van der Waals surface area contributed by atoms with Crippen LogP contribution in [-0.4, -0.2) is 61.9 Å². The predicted octanol–water partition coefficient (Wildman–Crippen LogP) is 1.85. The van der Waals surface area contributed by atoms with E-state index < -0.39 is 5.97 Å². The maximum absolute atomic E-state index is 12.2. The van der Waals surface area contributed by atoms with Crippen molar-refractivity contribution < 1.29 is 14.7 Å². The second-order valence-electron chi connectivity index (χ2n) is 7.11. The van der Waals surface area contributed by atoms with Crippen molar-refractivity contribution in [2.75, 3.05) is 18.4 Å². The van der Waals surface area contributed by atoms with Gasteiger partial charge in [0.1, 0.15) is 5.82 Å². The van der Waals surface area contributed by atoms with E-state index >= 15 is 0 Å². The molecule has 1 aliphatic carbocycles. The Morgan fingerprint density at radius 1 is 1.36 bits per heavy atom. The summed E-state index contributed by atoms with van der Waals surface area (Å²) in [5, 5.41) is 18.8. The molecule has 0 bridgehead atoms. The molecule has 0 aromatic carbocycles. The Kier molecular flexibility index (Phi) is 5.93. The topological polar surface area (TPSA) is 112 Å². The van der Waals surface area contributed by atoms with Crippen LogP contribution in [0.1, 0.15) is 25.5 Å². The maximum Gasteiger partial charge on any atom is 0.320 e. The highest BCUT2D eigenvalue weighted by molar-refractivity contribution is 5.88. The normalized spacial score (nSPS) is 18.6. The van der Waals surface area contributed by atoms with E-state index in [1.165, 1.54) is 0 Å². The monoisotopic (exact) mass is 386 g/mol. The largest absolute Gasteiger partial charge is 0.480 e. The minimum atomic E-state index is -0.827. The Morgan fingerprint density at radius 3 is 2.68 bits per heavy atom. The quantitative estimate of drug-likeness (QED) is 0.669. The van der Waals surface area contributed by atoms with E-state index in [9.17, 15) is 9.59 Å². The van der Waals surface area contributed by atoms with Gasteiger partial charge in [0.15, 0.2) is 0 Å². The number of hydrogen-bond donors (Lipinski definition) is 3. The lowest BCUT2D eigenvalue weighted by Gasteiger charge is -2.42. The van der Waals surface area contributed by atoms with E-state index in [1.807, 2.05) is 38.1 Å². The number of urea groups is 1.